The molecule has 1 atom stereocenters. The van der Waals surface area contributed by atoms with Gasteiger partial charge in [0, 0.05) is 32.0 Å². The number of carbonyl (C=O) groups is 1. The molecule has 2 N–H and O–H groups in total. The Labute approximate surface area is 113 Å². The van der Waals surface area contributed by atoms with Gasteiger partial charge in [0.2, 0.25) is 0 Å². The molecule has 0 aliphatic carbocycles. The Morgan fingerprint density at radius 1 is 1.32 bits per heavy atom. The van der Waals surface area contributed by atoms with Gasteiger partial charge in [-0.05, 0) is 36.8 Å². The molecule has 0 aromatic heterocycles. The van der Waals surface area contributed by atoms with Crippen LogP contribution in [0.1, 0.15) is 35.2 Å². The lowest BCUT2D eigenvalue weighted by molar-refractivity contribution is 0.0742. The molecule has 2 aliphatic rings. The Hall–Kier alpha value is -1.55. The molecule has 0 bridgehead atoms. The Kier molecular flexibility index (Phi) is 3.42. The lowest BCUT2D eigenvalue weighted by Gasteiger charge is -2.22. The van der Waals surface area contributed by atoms with Gasteiger partial charge >= 0.3 is 0 Å². The van der Waals surface area contributed by atoms with Crippen LogP contribution in [0.15, 0.2) is 18.2 Å². The molecule has 1 amide bonds. The van der Waals surface area contributed by atoms with Crippen LogP contribution in [-0.2, 0) is 11.3 Å². The average Bonchev–Trinajstić information content (AvgIpc) is 2.59. The highest BCUT2D eigenvalue weighted by molar-refractivity contribution is 6.03. The van der Waals surface area contributed by atoms with E-state index in [4.69, 9.17) is 10.5 Å². The molecular formula is C15H20N2O2. The molecule has 2 heterocycles. The van der Waals surface area contributed by atoms with Crippen LogP contribution in [0.2, 0.25) is 0 Å². The highest BCUT2D eigenvalue weighted by atomic mass is 16.5. The normalized spacial score (nSPS) is 23.3. The summed E-state index contributed by atoms with van der Waals surface area (Å²) in [5, 5.41) is 0. The van der Waals surface area contributed by atoms with E-state index in [1.54, 1.807) is 6.07 Å². The molecule has 1 fully saturated rings. The minimum Gasteiger partial charge on any atom is -0.398 e. The number of hydrogen-bond acceptors (Lipinski definition) is 3. The lowest BCUT2D eigenvalue weighted by Crippen LogP contribution is -2.30. The van der Waals surface area contributed by atoms with Crippen LogP contribution in [0.25, 0.3) is 0 Å². The Morgan fingerprint density at radius 2 is 2.21 bits per heavy atom. The molecule has 19 heavy (non-hydrogen) atoms. The second kappa shape index (κ2) is 5.21. The van der Waals surface area contributed by atoms with Crippen molar-refractivity contribution in [3.63, 3.8) is 0 Å². The minimum atomic E-state index is 0.0956. The van der Waals surface area contributed by atoms with Crippen LogP contribution in [0.5, 0.6) is 0 Å². The van der Waals surface area contributed by atoms with Crippen molar-refractivity contribution in [3.8, 4) is 0 Å². The first kappa shape index (κ1) is 12.5. The van der Waals surface area contributed by atoms with Gasteiger partial charge in [0.05, 0.1) is 5.56 Å². The van der Waals surface area contributed by atoms with Crippen molar-refractivity contribution in [2.75, 3.05) is 25.5 Å². The van der Waals surface area contributed by atoms with Crippen molar-refractivity contribution < 1.29 is 9.53 Å². The summed E-state index contributed by atoms with van der Waals surface area (Å²) in [7, 11) is 0. The van der Waals surface area contributed by atoms with Crippen molar-refractivity contribution in [1.82, 2.24) is 4.90 Å². The first-order valence-corrected chi connectivity index (χ1v) is 7.00. The fraction of sp³-hybridized carbons (Fsp3) is 0.533. The van der Waals surface area contributed by atoms with Crippen molar-refractivity contribution in [1.29, 1.82) is 0 Å². The molecule has 1 saturated heterocycles. The average molecular weight is 260 g/mol. The first-order chi connectivity index (χ1) is 9.25. The second-order valence-corrected chi connectivity index (χ2v) is 5.48. The van der Waals surface area contributed by atoms with Crippen LogP contribution in [-0.4, -0.2) is 30.6 Å². The van der Waals surface area contributed by atoms with Gasteiger partial charge in [0.1, 0.15) is 0 Å². The number of fused-ring (bicyclic) bond motifs is 1. The first-order valence-electron chi connectivity index (χ1n) is 7.00. The summed E-state index contributed by atoms with van der Waals surface area (Å²) in [5.41, 5.74) is 8.30. The molecule has 0 spiro atoms. The van der Waals surface area contributed by atoms with Gasteiger partial charge in [-0.1, -0.05) is 12.1 Å². The number of carbonyl (C=O) groups excluding carboxylic acids is 1. The molecular weight excluding hydrogens is 240 g/mol. The fourth-order valence-electron chi connectivity index (χ4n) is 3.06. The Morgan fingerprint density at radius 3 is 3.05 bits per heavy atom. The molecule has 0 saturated carbocycles. The zero-order valence-electron chi connectivity index (χ0n) is 11.1. The van der Waals surface area contributed by atoms with Gasteiger partial charge in [-0.2, -0.15) is 0 Å². The quantitative estimate of drug-likeness (QED) is 0.828. The van der Waals surface area contributed by atoms with E-state index in [0.29, 0.717) is 23.7 Å². The largest absolute Gasteiger partial charge is 0.398 e. The summed E-state index contributed by atoms with van der Waals surface area (Å²) in [4.78, 5) is 14.3. The lowest BCUT2D eigenvalue weighted by atomic mass is 10.0. The summed E-state index contributed by atoms with van der Waals surface area (Å²) in [5.74, 6) is 0.653. The Balaban J connectivity index is 1.71. The second-order valence-electron chi connectivity index (χ2n) is 5.48. The number of nitrogens with zero attached hydrogens (tertiary/aromatic N) is 1. The van der Waals surface area contributed by atoms with Crippen molar-refractivity contribution in [2.45, 2.75) is 25.8 Å². The van der Waals surface area contributed by atoms with Crippen LogP contribution in [0, 0.1) is 5.92 Å². The number of benzene rings is 1. The zero-order valence-corrected chi connectivity index (χ0v) is 11.1. The van der Waals surface area contributed by atoms with Gasteiger partial charge in [0.25, 0.3) is 5.91 Å². The number of ether oxygens (including phenoxy) is 1. The molecule has 3 rings (SSSR count). The van der Waals surface area contributed by atoms with E-state index in [1.165, 1.54) is 0 Å². The van der Waals surface area contributed by atoms with Crippen molar-refractivity contribution in [2.24, 2.45) is 5.92 Å². The van der Waals surface area contributed by atoms with Gasteiger partial charge in [0.15, 0.2) is 0 Å². The maximum Gasteiger partial charge on any atom is 0.256 e. The SMILES string of the molecule is Nc1cccc2c1C(=O)N(CC1CCCOCC1)C2. The summed E-state index contributed by atoms with van der Waals surface area (Å²) in [6, 6.07) is 5.73. The van der Waals surface area contributed by atoms with Crippen LogP contribution in [0.3, 0.4) is 0 Å². The Bertz CT molecular complexity index is 479. The zero-order chi connectivity index (χ0) is 13.2. The molecule has 4 heteroatoms. The third-order valence-electron chi connectivity index (χ3n) is 4.10. The van der Waals surface area contributed by atoms with Crippen molar-refractivity contribution >= 4 is 11.6 Å². The standard InChI is InChI=1S/C15H20N2O2/c16-13-5-1-4-12-10-17(15(18)14(12)13)9-11-3-2-7-19-8-6-11/h1,4-5,11H,2-3,6-10,16H2. The number of amides is 1. The molecule has 1 unspecified atom stereocenters. The molecule has 2 aliphatic heterocycles. The summed E-state index contributed by atoms with van der Waals surface area (Å²) >= 11 is 0. The van der Waals surface area contributed by atoms with E-state index < -0.39 is 0 Å². The fourth-order valence-corrected chi connectivity index (χ4v) is 3.06. The predicted octanol–water partition coefficient (Wildman–Crippen LogP) is 2.04. The van der Waals surface area contributed by atoms with E-state index in [9.17, 15) is 4.79 Å². The van der Waals surface area contributed by atoms with Crippen LogP contribution < -0.4 is 5.73 Å². The van der Waals surface area contributed by atoms with Crippen molar-refractivity contribution in [3.05, 3.63) is 29.3 Å². The molecule has 102 valence electrons. The summed E-state index contributed by atoms with van der Waals surface area (Å²) in [6.45, 7) is 3.21. The summed E-state index contributed by atoms with van der Waals surface area (Å²) < 4.78 is 5.47. The van der Waals surface area contributed by atoms with Gasteiger partial charge in [-0.25, -0.2) is 0 Å². The van der Waals surface area contributed by atoms with E-state index in [-0.39, 0.29) is 5.91 Å². The highest BCUT2D eigenvalue weighted by Gasteiger charge is 2.30. The maximum absolute atomic E-state index is 12.4. The number of rotatable bonds is 2. The smallest absolute Gasteiger partial charge is 0.256 e. The summed E-state index contributed by atoms with van der Waals surface area (Å²) in [6.07, 6.45) is 3.30. The van der Waals surface area contributed by atoms with E-state index in [2.05, 4.69) is 0 Å². The number of hydrogen-bond donors (Lipinski definition) is 1. The van der Waals surface area contributed by atoms with Gasteiger partial charge in [-0.3, -0.25) is 4.79 Å². The number of nitrogens with two attached hydrogens (primary N) is 1. The van der Waals surface area contributed by atoms with E-state index in [0.717, 1.165) is 44.6 Å². The molecule has 1 aromatic carbocycles. The van der Waals surface area contributed by atoms with Crippen LogP contribution >= 0.6 is 0 Å². The monoisotopic (exact) mass is 260 g/mol. The molecule has 4 nitrogen and oxygen atoms in total. The van der Waals surface area contributed by atoms with Crippen LogP contribution in [0.4, 0.5) is 5.69 Å². The molecule has 1 aromatic rings. The van der Waals surface area contributed by atoms with E-state index >= 15 is 0 Å². The minimum absolute atomic E-state index is 0.0956. The van der Waals surface area contributed by atoms with Gasteiger partial charge < -0.3 is 15.4 Å². The van der Waals surface area contributed by atoms with Gasteiger partial charge in [-0.15, -0.1) is 0 Å². The third-order valence-corrected chi connectivity index (χ3v) is 4.10. The topological polar surface area (TPSA) is 55.6 Å². The molecule has 0 radical (unpaired) electrons. The number of anilines is 1. The number of nitrogen functional groups attached to an aromatic ring is 1. The predicted molar refractivity (Wildman–Crippen MR) is 73.8 cm³/mol. The van der Waals surface area contributed by atoms with E-state index in [1.807, 2.05) is 17.0 Å². The maximum atomic E-state index is 12.4. The highest BCUT2D eigenvalue weighted by Crippen LogP contribution is 2.29. The third kappa shape index (κ3) is 2.45.